The molecule has 0 saturated heterocycles. The lowest BCUT2D eigenvalue weighted by molar-refractivity contribution is 1.07. The van der Waals surface area contributed by atoms with Crippen molar-refractivity contribution in [2.24, 2.45) is 0 Å². The highest BCUT2D eigenvalue weighted by Gasteiger charge is 2.15. The van der Waals surface area contributed by atoms with E-state index in [0.29, 0.717) is 40.5 Å². The number of benzene rings is 6. The summed E-state index contributed by atoms with van der Waals surface area (Å²) < 4.78 is 0. The predicted octanol–water partition coefficient (Wildman–Crippen LogP) is 9.60. The molecule has 7 heteroatoms. The molecule has 0 aliphatic carbocycles. The van der Waals surface area contributed by atoms with Crippen LogP contribution < -0.4 is 0 Å². The van der Waals surface area contributed by atoms with Crippen LogP contribution in [-0.2, 0) is 0 Å². The van der Waals surface area contributed by atoms with Gasteiger partial charge in [0.25, 0.3) is 0 Å². The number of hydrogen-bond donors (Lipinski definition) is 0. The third-order valence-electron chi connectivity index (χ3n) is 8.24. The minimum absolute atomic E-state index is 0.537. The Hall–Kier alpha value is -7.17. The molecule has 7 nitrogen and oxygen atoms in total. The van der Waals surface area contributed by atoms with E-state index >= 15 is 0 Å². The molecule has 0 unspecified atom stereocenters. The summed E-state index contributed by atoms with van der Waals surface area (Å²) in [4.78, 5) is 29.1. The van der Waals surface area contributed by atoms with Crippen LogP contribution in [0.2, 0.25) is 0 Å². The molecule has 0 spiro atoms. The van der Waals surface area contributed by atoms with E-state index in [9.17, 15) is 5.26 Å². The number of nitrogens with zero attached hydrogens (tertiary/aromatic N) is 7. The fourth-order valence-corrected chi connectivity index (χ4v) is 5.63. The van der Waals surface area contributed by atoms with Crippen LogP contribution >= 0.6 is 0 Å². The first kappa shape index (κ1) is 30.2. The minimum atomic E-state index is 0.537. The predicted molar refractivity (Wildman–Crippen MR) is 196 cm³/mol. The second-order valence-corrected chi connectivity index (χ2v) is 11.6. The van der Waals surface area contributed by atoms with Crippen molar-refractivity contribution in [2.75, 3.05) is 0 Å². The second-order valence-electron chi connectivity index (χ2n) is 11.6. The first-order valence-electron chi connectivity index (χ1n) is 16.1. The standard InChI is InChI=1S/C43H27N7/c44-28-29-19-21-34(22-20-29)41-48-40(33-15-8-3-9-16-33)49-43(50-41)37-18-10-17-36(27-37)30-23-25-35(26-24-30)42-46-38(31-11-4-1-5-12-31)45-39(47-42)32-13-6-2-7-14-32/h1-27H. The Labute approximate surface area is 289 Å². The molecule has 8 rings (SSSR count). The van der Waals surface area contributed by atoms with Gasteiger partial charge in [-0.15, -0.1) is 0 Å². The molecule has 8 aromatic rings. The summed E-state index contributed by atoms with van der Waals surface area (Å²) in [5, 5.41) is 9.29. The molecule has 234 valence electrons. The molecule has 0 aliphatic rings. The first-order valence-corrected chi connectivity index (χ1v) is 16.1. The first-order chi connectivity index (χ1) is 24.7. The van der Waals surface area contributed by atoms with E-state index in [4.69, 9.17) is 29.9 Å². The van der Waals surface area contributed by atoms with Crippen LogP contribution in [0.3, 0.4) is 0 Å². The van der Waals surface area contributed by atoms with Gasteiger partial charge in [0, 0.05) is 33.4 Å². The zero-order valence-corrected chi connectivity index (χ0v) is 26.7. The molecular formula is C43H27N7. The van der Waals surface area contributed by atoms with Gasteiger partial charge in [0.1, 0.15) is 0 Å². The molecule has 0 aliphatic heterocycles. The lowest BCUT2D eigenvalue weighted by Crippen LogP contribution is -2.00. The summed E-state index contributed by atoms with van der Waals surface area (Å²) in [5.41, 5.74) is 7.92. The Morgan fingerprint density at radius 2 is 0.580 bits per heavy atom. The van der Waals surface area contributed by atoms with Crippen molar-refractivity contribution in [1.29, 1.82) is 5.26 Å². The summed E-state index contributed by atoms with van der Waals surface area (Å²) in [6.45, 7) is 0. The largest absolute Gasteiger partial charge is 0.208 e. The van der Waals surface area contributed by atoms with Crippen LogP contribution in [0.15, 0.2) is 164 Å². The summed E-state index contributed by atoms with van der Waals surface area (Å²) in [6, 6.07) is 55.6. The van der Waals surface area contributed by atoms with Crippen molar-refractivity contribution in [3.63, 3.8) is 0 Å². The maximum Gasteiger partial charge on any atom is 0.164 e. The molecule has 50 heavy (non-hydrogen) atoms. The quantitative estimate of drug-likeness (QED) is 0.171. The molecule has 0 N–H and O–H groups in total. The fraction of sp³-hybridized carbons (Fsp3) is 0. The third kappa shape index (κ3) is 6.37. The molecule has 2 aromatic heterocycles. The van der Waals surface area contributed by atoms with E-state index in [1.165, 1.54) is 0 Å². The lowest BCUT2D eigenvalue weighted by atomic mass is 10.0. The number of nitriles is 1. The van der Waals surface area contributed by atoms with E-state index in [2.05, 4.69) is 30.3 Å². The molecule has 2 heterocycles. The maximum absolute atomic E-state index is 9.29. The van der Waals surface area contributed by atoms with Crippen LogP contribution in [0, 0.1) is 11.3 Å². The summed E-state index contributed by atoms with van der Waals surface area (Å²) in [7, 11) is 0. The van der Waals surface area contributed by atoms with Crippen LogP contribution in [0.25, 0.3) is 79.5 Å². The normalized spacial score (nSPS) is 10.8. The van der Waals surface area contributed by atoms with Crippen LogP contribution in [0.4, 0.5) is 0 Å². The topological polar surface area (TPSA) is 101 Å². The average molecular weight is 642 g/mol. The van der Waals surface area contributed by atoms with Crippen molar-refractivity contribution in [1.82, 2.24) is 29.9 Å². The van der Waals surface area contributed by atoms with Gasteiger partial charge in [-0.2, -0.15) is 5.26 Å². The van der Waals surface area contributed by atoms with Gasteiger partial charge < -0.3 is 0 Å². The van der Waals surface area contributed by atoms with Gasteiger partial charge >= 0.3 is 0 Å². The van der Waals surface area contributed by atoms with E-state index in [-0.39, 0.29) is 0 Å². The van der Waals surface area contributed by atoms with Crippen LogP contribution in [-0.4, -0.2) is 29.9 Å². The highest BCUT2D eigenvalue weighted by molar-refractivity contribution is 5.75. The van der Waals surface area contributed by atoms with Crippen LogP contribution in [0.5, 0.6) is 0 Å². The SMILES string of the molecule is N#Cc1ccc(-c2nc(-c3ccccc3)nc(-c3cccc(-c4ccc(-c5nc(-c6ccccc6)nc(-c6ccccc6)n5)cc4)c3)n2)cc1. The smallest absolute Gasteiger partial charge is 0.164 e. The molecule has 0 atom stereocenters. The van der Waals surface area contributed by atoms with Gasteiger partial charge in [-0.25, -0.2) is 29.9 Å². The number of rotatable bonds is 7. The van der Waals surface area contributed by atoms with Crippen molar-refractivity contribution < 1.29 is 0 Å². The maximum atomic E-state index is 9.29. The number of aromatic nitrogens is 6. The molecule has 0 fully saturated rings. The van der Waals surface area contributed by atoms with Crippen molar-refractivity contribution >= 4 is 0 Å². The Morgan fingerprint density at radius 1 is 0.280 bits per heavy atom. The highest BCUT2D eigenvalue weighted by Crippen LogP contribution is 2.30. The van der Waals surface area contributed by atoms with Crippen molar-refractivity contribution in [2.45, 2.75) is 0 Å². The second kappa shape index (κ2) is 13.5. The fourth-order valence-electron chi connectivity index (χ4n) is 5.63. The van der Waals surface area contributed by atoms with Gasteiger partial charge in [0.15, 0.2) is 34.9 Å². The minimum Gasteiger partial charge on any atom is -0.208 e. The van der Waals surface area contributed by atoms with Gasteiger partial charge in [-0.1, -0.05) is 133 Å². The Bertz CT molecular complexity index is 2400. The van der Waals surface area contributed by atoms with Gasteiger partial charge in [-0.3, -0.25) is 0 Å². The van der Waals surface area contributed by atoms with Crippen molar-refractivity contribution in [3.8, 4) is 85.5 Å². The van der Waals surface area contributed by atoms with E-state index in [1.54, 1.807) is 12.1 Å². The molecule has 0 saturated carbocycles. The highest BCUT2D eigenvalue weighted by atomic mass is 15.0. The third-order valence-corrected chi connectivity index (χ3v) is 8.24. The molecule has 0 amide bonds. The van der Waals surface area contributed by atoms with Crippen molar-refractivity contribution in [3.05, 3.63) is 169 Å². The summed E-state index contributed by atoms with van der Waals surface area (Å²) in [6.07, 6.45) is 0. The molecular weight excluding hydrogens is 615 g/mol. The zero-order chi connectivity index (χ0) is 33.7. The van der Waals surface area contributed by atoms with E-state index in [0.717, 1.165) is 44.5 Å². The number of hydrogen-bond acceptors (Lipinski definition) is 7. The van der Waals surface area contributed by atoms with Crippen LogP contribution in [0.1, 0.15) is 5.56 Å². The summed E-state index contributed by atoms with van der Waals surface area (Å²) in [5.74, 6) is 3.52. The monoisotopic (exact) mass is 641 g/mol. The van der Waals surface area contributed by atoms with Gasteiger partial charge in [-0.05, 0) is 41.5 Å². The summed E-state index contributed by atoms with van der Waals surface area (Å²) >= 11 is 0. The van der Waals surface area contributed by atoms with Gasteiger partial charge in [0.05, 0.1) is 11.6 Å². The Morgan fingerprint density at radius 3 is 0.980 bits per heavy atom. The average Bonchev–Trinajstić information content (AvgIpc) is 3.21. The zero-order valence-electron chi connectivity index (χ0n) is 26.7. The Kier molecular flexibility index (Phi) is 8.16. The van der Waals surface area contributed by atoms with E-state index < -0.39 is 0 Å². The molecule has 6 aromatic carbocycles. The Balaban J connectivity index is 1.16. The molecule has 0 radical (unpaired) electrons. The van der Waals surface area contributed by atoms with Gasteiger partial charge in [0.2, 0.25) is 0 Å². The lowest BCUT2D eigenvalue weighted by Gasteiger charge is -2.10. The molecule has 0 bridgehead atoms. The van der Waals surface area contributed by atoms with E-state index in [1.807, 2.05) is 127 Å².